The number of sulfonamides is 1. The molecule has 2 rings (SSSR count). The second kappa shape index (κ2) is 8.25. The van der Waals surface area contributed by atoms with Crippen LogP contribution in [0.5, 0.6) is 0 Å². The number of piperidine rings is 2. The zero-order valence-electron chi connectivity index (χ0n) is 16.5. The number of nitrogens with one attached hydrogen (secondary N) is 1. The number of amides is 2. The normalized spacial score (nSPS) is 23.2. The lowest BCUT2D eigenvalue weighted by atomic mass is 9.89. The van der Waals surface area contributed by atoms with Gasteiger partial charge in [-0.15, -0.1) is 0 Å². The average Bonchev–Trinajstić information content (AvgIpc) is 2.57. The summed E-state index contributed by atoms with van der Waals surface area (Å²) in [6.07, 6.45) is 5.31. The Bertz CT molecular complexity index is 619. The highest BCUT2D eigenvalue weighted by Gasteiger charge is 2.36. The molecule has 8 heteroatoms. The minimum atomic E-state index is -3.26. The smallest absolute Gasteiger partial charge is 0.227 e. The number of carbonyl (C=O) groups is 2. The van der Waals surface area contributed by atoms with Gasteiger partial charge in [-0.05, 0) is 32.1 Å². The summed E-state index contributed by atoms with van der Waals surface area (Å²) in [6.45, 7) is 7.96. The SMILES string of the molecule is CC(C)(C)C(=O)N1CCC(C(=O)N2CCCCC2CNS(C)(=O)=O)CC1. The van der Waals surface area contributed by atoms with Gasteiger partial charge in [0.2, 0.25) is 21.8 Å². The van der Waals surface area contributed by atoms with Crippen LogP contribution in [0, 0.1) is 11.3 Å². The predicted molar refractivity (Wildman–Crippen MR) is 101 cm³/mol. The lowest BCUT2D eigenvalue weighted by Gasteiger charge is -2.40. The molecule has 0 aromatic carbocycles. The molecule has 150 valence electrons. The molecular formula is C18H33N3O4S. The Morgan fingerprint density at radius 3 is 2.19 bits per heavy atom. The van der Waals surface area contributed by atoms with E-state index >= 15 is 0 Å². The quantitative estimate of drug-likeness (QED) is 0.785. The first-order valence-corrected chi connectivity index (χ1v) is 11.4. The number of hydrogen-bond donors (Lipinski definition) is 1. The number of hydrogen-bond acceptors (Lipinski definition) is 4. The number of likely N-dealkylation sites (tertiary alicyclic amines) is 2. The highest BCUT2D eigenvalue weighted by molar-refractivity contribution is 7.88. The van der Waals surface area contributed by atoms with Gasteiger partial charge in [-0.1, -0.05) is 20.8 Å². The molecule has 2 saturated heterocycles. The fourth-order valence-corrected chi connectivity index (χ4v) is 4.28. The molecule has 1 N–H and O–H groups in total. The predicted octanol–water partition coefficient (Wildman–Crippen LogP) is 1.20. The number of rotatable bonds is 4. The van der Waals surface area contributed by atoms with Gasteiger partial charge >= 0.3 is 0 Å². The molecule has 26 heavy (non-hydrogen) atoms. The van der Waals surface area contributed by atoms with Gasteiger partial charge in [0.25, 0.3) is 0 Å². The molecule has 1 atom stereocenters. The molecule has 2 aliphatic heterocycles. The van der Waals surface area contributed by atoms with Gasteiger partial charge < -0.3 is 9.80 Å². The van der Waals surface area contributed by atoms with Crippen molar-refractivity contribution >= 4 is 21.8 Å². The van der Waals surface area contributed by atoms with E-state index in [1.165, 1.54) is 0 Å². The summed E-state index contributed by atoms with van der Waals surface area (Å²) in [5.41, 5.74) is -0.397. The van der Waals surface area contributed by atoms with Crippen molar-refractivity contribution in [2.45, 2.75) is 58.9 Å². The van der Waals surface area contributed by atoms with Crippen molar-refractivity contribution < 1.29 is 18.0 Å². The lowest BCUT2D eigenvalue weighted by Crippen LogP contribution is -2.53. The molecule has 0 saturated carbocycles. The first-order valence-electron chi connectivity index (χ1n) is 9.53. The Morgan fingerprint density at radius 1 is 1.04 bits per heavy atom. The topological polar surface area (TPSA) is 86.8 Å². The Hall–Kier alpha value is -1.15. The minimum absolute atomic E-state index is 0.0692. The third-order valence-electron chi connectivity index (χ3n) is 5.26. The van der Waals surface area contributed by atoms with Crippen LogP contribution in [0.3, 0.4) is 0 Å². The maximum atomic E-state index is 13.0. The molecule has 0 aromatic heterocycles. The summed E-state index contributed by atoms with van der Waals surface area (Å²) < 4.78 is 25.3. The zero-order valence-corrected chi connectivity index (χ0v) is 17.3. The highest BCUT2D eigenvalue weighted by Crippen LogP contribution is 2.27. The van der Waals surface area contributed by atoms with Crippen LogP contribution in [0.2, 0.25) is 0 Å². The van der Waals surface area contributed by atoms with E-state index in [0.29, 0.717) is 32.5 Å². The van der Waals surface area contributed by atoms with E-state index in [1.807, 2.05) is 30.6 Å². The summed E-state index contributed by atoms with van der Waals surface area (Å²) >= 11 is 0. The molecule has 0 bridgehead atoms. The molecule has 0 aliphatic carbocycles. The molecular weight excluding hydrogens is 354 g/mol. The van der Waals surface area contributed by atoms with E-state index in [9.17, 15) is 18.0 Å². The van der Waals surface area contributed by atoms with Crippen LogP contribution < -0.4 is 4.72 Å². The van der Waals surface area contributed by atoms with E-state index in [2.05, 4.69) is 4.72 Å². The van der Waals surface area contributed by atoms with Crippen molar-refractivity contribution in [3.05, 3.63) is 0 Å². The van der Waals surface area contributed by atoms with Crippen LogP contribution in [-0.4, -0.2) is 68.5 Å². The van der Waals surface area contributed by atoms with Crippen molar-refractivity contribution in [1.82, 2.24) is 14.5 Å². The Balaban J connectivity index is 1.94. The van der Waals surface area contributed by atoms with Crippen molar-refractivity contribution in [3.8, 4) is 0 Å². The molecule has 0 aromatic rings. The third kappa shape index (κ3) is 5.67. The molecule has 2 fully saturated rings. The minimum Gasteiger partial charge on any atom is -0.342 e. The van der Waals surface area contributed by atoms with Gasteiger partial charge in [0.15, 0.2) is 0 Å². The van der Waals surface area contributed by atoms with Crippen LogP contribution in [0.1, 0.15) is 52.9 Å². The van der Waals surface area contributed by atoms with Gasteiger partial charge in [-0.25, -0.2) is 13.1 Å². The molecule has 2 aliphatic rings. The fraction of sp³-hybridized carbons (Fsp3) is 0.889. The summed E-state index contributed by atoms with van der Waals surface area (Å²) in [5, 5.41) is 0. The van der Waals surface area contributed by atoms with E-state index in [4.69, 9.17) is 0 Å². The molecule has 2 heterocycles. The van der Waals surface area contributed by atoms with Gasteiger partial charge in [0.05, 0.1) is 6.26 Å². The first kappa shape index (κ1) is 21.2. The second-order valence-corrected chi connectivity index (χ2v) is 10.5. The molecule has 0 spiro atoms. The zero-order chi connectivity index (χ0) is 19.5. The summed E-state index contributed by atoms with van der Waals surface area (Å²) in [5.74, 6) is 0.183. The van der Waals surface area contributed by atoms with Crippen LogP contribution in [0.15, 0.2) is 0 Å². The fourth-order valence-electron chi connectivity index (χ4n) is 3.79. The van der Waals surface area contributed by atoms with Crippen LogP contribution in [0.4, 0.5) is 0 Å². The van der Waals surface area contributed by atoms with Crippen molar-refractivity contribution in [1.29, 1.82) is 0 Å². The molecule has 7 nitrogen and oxygen atoms in total. The monoisotopic (exact) mass is 387 g/mol. The highest BCUT2D eigenvalue weighted by atomic mass is 32.2. The lowest BCUT2D eigenvalue weighted by molar-refractivity contribution is -0.146. The summed E-state index contributed by atoms with van der Waals surface area (Å²) in [4.78, 5) is 29.1. The largest absolute Gasteiger partial charge is 0.342 e. The first-order chi connectivity index (χ1) is 12.0. The average molecular weight is 388 g/mol. The molecule has 1 unspecified atom stereocenters. The van der Waals surface area contributed by atoms with Gasteiger partial charge in [0.1, 0.15) is 0 Å². The van der Waals surface area contributed by atoms with Crippen molar-refractivity contribution in [2.75, 3.05) is 32.4 Å². The Labute approximate surface area is 157 Å². The number of carbonyl (C=O) groups excluding carboxylic acids is 2. The molecule has 0 radical (unpaired) electrons. The Morgan fingerprint density at radius 2 is 1.65 bits per heavy atom. The second-order valence-electron chi connectivity index (χ2n) is 8.62. The van der Waals surface area contributed by atoms with E-state index in [1.54, 1.807) is 0 Å². The van der Waals surface area contributed by atoms with E-state index in [-0.39, 0.29) is 30.3 Å². The van der Waals surface area contributed by atoms with Crippen LogP contribution in [-0.2, 0) is 19.6 Å². The maximum Gasteiger partial charge on any atom is 0.227 e. The third-order valence-corrected chi connectivity index (χ3v) is 5.96. The molecule has 2 amide bonds. The maximum absolute atomic E-state index is 13.0. The van der Waals surface area contributed by atoms with Crippen molar-refractivity contribution in [2.24, 2.45) is 11.3 Å². The van der Waals surface area contributed by atoms with Gasteiger partial charge in [0, 0.05) is 43.6 Å². The van der Waals surface area contributed by atoms with Gasteiger partial charge in [-0.2, -0.15) is 0 Å². The summed E-state index contributed by atoms with van der Waals surface area (Å²) in [7, 11) is -3.26. The summed E-state index contributed by atoms with van der Waals surface area (Å²) in [6, 6.07) is -0.0692. The number of nitrogens with zero attached hydrogens (tertiary/aromatic N) is 2. The van der Waals surface area contributed by atoms with E-state index < -0.39 is 15.4 Å². The standard InChI is InChI=1S/C18H33N3O4S/c1-18(2,3)17(23)20-11-8-14(9-12-20)16(22)21-10-6-5-7-15(21)13-19-26(4,24)25/h14-15,19H,5-13H2,1-4H3. The van der Waals surface area contributed by atoms with E-state index in [0.717, 1.165) is 25.5 Å². The van der Waals surface area contributed by atoms with Crippen LogP contribution >= 0.6 is 0 Å². The van der Waals surface area contributed by atoms with Crippen molar-refractivity contribution in [3.63, 3.8) is 0 Å². The van der Waals surface area contributed by atoms with Gasteiger partial charge in [-0.3, -0.25) is 9.59 Å². The van der Waals surface area contributed by atoms with Crippen LogP contribution in [0.25, 0.3) is 0 Å². The Kier molecular flexibility index (Phi) is 6.71.